The molecule has 2 rings (SSSR count). The number of nitrogen functional groups attached to an aromatic ring is 2. The molecule has 0 bridgehead atoms. The fourth-order valence-corrected chi connectivity index (χ4v) is 1.17. The van der Waals surface area contributed by atoms with Crippen LogP contribution in [0.25, 0.3) is 0 Å². The van der Waals surface area contributed by atoms with Gasteiger partial charge in [0.15, 0.2) is 5.82 Å². The van der Waals surface area contributed by atoms with Gasteiger partial charge in [0.25, 0.3) is 0 Å². The van der Waals surface area contributed by atoms with Gasteiger partial charge in [0.2, 0.25) is 0 Å². The molecule has 0 aliphatic rings. The zero-order chi connectivity index (χ0) is 14.1. The molecule has 0 unspecified atom stereocenters. The van der Waals surface area contributed by atoms with E-state index in [9.17, 15) is 0 Å². The second kappa shape index (κ2) is 10.4. The zero-order valence-corrected chi connectivity index (χ0v) is 13.6. The van der Waals surface area contributed by atoms with Crippen molar-refractivity contribution in [2.75, 3.05) is 16.0 Å². The second-order valence-corrected chi connectivity index (χ2v) is 4.21. The van der Waals surface area contributed by atoms with Crippen molar-refractivity contribution >= 4 is 58.0 Å². The smallest absolute Gasteiger partial charge is 0.153 e. The number of aromatic nitrogens is 1. The minimum atomic E-state index is 0. The zero-order valence-electron chi connectivity index (χ0n) is 10.6. The van der Waals surface area contributed by atoms with Crippen LogP contribution >= 0.6 is 35.0 Å². The van der Waals surface area contributed by atoms with Gasteiger partial charge in [-0.3, -0.25) is 0 Å². The molecule has 0 fully saturated rings. The van der Waals surface area contributed by atoms with E-state index in [1.54, 1.807) is 12.1 Å². The fraction of sp³-hybridized carbons (Fsp3) is 0.0833. The summed E-state index contributed by atoms with van der Waals surface area (Å²) in [4.78, 5) is 3.89. The van der Waals surface area contributed by atoms with Crippen molar-refractivity contribution in [3.63, 3.8) is 0 Å². The third-order valence-corrected chi connectivity index (χ3v) is 1.95. The molecule has 0 radical (unpaired) electrons. The first kappa shape index (κ1) is 18.6. The van der Waals surface area contributed by atoms with E-state index in [1.807, 2.05) is 30.3 Å². The van der Waals surface area contributed by atoms with Crippen LogP contribution in [0.1, 0.15) is 0 Å². The molecule has 0 aliphatic heterocycles. The Kier molecular flexibility index (Phi) is 9.60. The first-order valence-electron chi connectivity index (χ1n) is 5.42. The van der Waals surface area contributed by atoms with Crippen LogP contribution in [-0.4, -0.2) is 9.54 Å². The maximum Gasteiger partial charge on any atom is 0.153 e. The summed E-state index contributed by atoms with van der Waals surface area (Å²) in [5.41, 5.74) is 17.2. The van der Waals surface area contributed by atoms with Gasteiger partial charge in [0.1, 0.15) is 11.5 Å². The minimum absolute atomic E-state index is 0. The van der Waals surface area contributed by atoms with Crippen LogP contribution in [0.2, 0.25) is 0 Å². The monoisotopic (exact) mass is 406 g/mol. The lowest BCUT2D eigenvalue weighted by atomic mass is 10.3. The lowest BCUT2D eigenvalue weighted by Gasteiger charge is -1.98. The third-order valence-electron chi connectivity index (χ3n) is 1.95. The Morgan fingerprint density at radius 3 is 2.15 bits per heavy atom. The van der Waals surface area contributed by atoms with E-state index in [0.717, 1.165) is 10.2 Å². The molecule has 108 valence electrons. The molecule has 2 aromatic rings. The third kappa shape index (κ3) is 6.64. The van der Waals surface area contributed by atoms with Gasteiger partial charge in [-0.05, 0) is 24.3 Å². The van der Waals surface area contributed by atoms with Crippen LogP contribution < -0.4 is 17.2 Å². The van der Waals surface area contributed by atoms with Crippen LogP contribution in [0, 0.1) is 0 Å². The van der Waals surface area contributed by atoms with E-state index < -0.39 is 0 Å². The van der Waals surface area contributed by atoms with Gasteiger partial charge in [-0.1, -0.05) is 40.8 Å². The standard InChI is InChI=1S/C11H11N5.CH4IN.ClH/c12-10-7-6-9(11(13)14-10)16-15-8-4-2-1-3-5-8;2-1-3;/h1-7H,(H4,12,13,14);1,3H2;1H. The Labute approximate surface area is 137 Å². The number of alkyl halides is 1. The van der Waals surface area contributed by atoms with Gasteiger partial charge in [-0.25, -0.2) is 4.98 Å². The van der Waals surface area contributed by atoms with E-state index >= 15 is 0 Å². The molecule has 8 heteroatoms. The van der Waals surface area contributed by atoms with Crippen molar-refractivity contribution in [3.8, 4) is 0 Å². The summed E-state index contributed by atoms with van der Waals surface area (Å²) in [5, 5.41) is 8.03. The van der Waals surface area contributed by atoms with E-state index in [4.69, 9.17) is 17.2 Å². The summed E-state index contributed by atoms with van der Waals surface area (Å²) in [6.07, 6.45) is 0. The van der Waals surface area contributed by atoms with Crippen molar-refractivity contribution in [3.05, 3.63) is 42.5 Å². The Hall–Kier alpha value is -1.45. The van der Waals surface area contributed by atoms with E-state index in [2.05, 4.69) is 37.8 Å². The molecule has 0 saturated carbocycles. The maximum absolute atomic E-state index is 5.64. The first-order chi connectivity index (χ1) is 9.17. The van der Waals surface area contributed by atoms with Crippen LogP contribution in [0.3, 0.4) is 0 Å². The van der Waals surface area contributed by atoms with Crippen molar-refractivity contribution in [2.45, 2.75) is 0 Å². The van der Waals surface area contributed by atoms with Crippen molar-refractivity contribution < 1.29 is 0 Å². The Morgan fingerprint density at radius 2 is 1.60 bits per heavy atom. The van der Waals surface area contributed by atoms with Crippen LogP contribution in [0.15, 0.2) is 52.7 Å². The molecule has 1 heterocycles. The Balaban J connectivity index is 0.000000830. The molecule has 1 aromatic heterocycles. The predicted molar refractivity (Wildman–Crippen MR) is 94.0 cm³/mol. The molecule has 1 aromatic carbocycles. The molecular formula is C12H16ClIN6. The highest BCUT2D eigenvalue weighted by atomic mass is 127. The molecule has 20 heavy (non-hydrogen) atoms. The lowest BCUT2D eigenvalue weighted by Crippen LogP contribution is -1.95. The largest absolute Gasteiger partial charge is 0.384 e. The first-order valence-corrected chi connectivity index (χ1v) is 6.94. The highest BCUT2D eigenvalue weighted by molar-refractivity contribution is 14.1. The number of halogens is 2. The molecule has 0 saturated heterocycles. The number of anilines is 2. The number of pyridine rings is 1. The summed E-state index contributed by atoms with van der Waals surface area (Å²) in [6.45, 7) is 0. The number of benzene rings is 1. The molecule has 6 nitrogen and oxygen atoms in total. The normalized spacial score (nSPS) is 9.50. The average molecular weight is 407 g/mol. The van der Waals surface area contributed by atoms with Gasteiger partial charge < -0.3 is 17.2 Å². The predicted octanol–water partition coefficient (Wildman–Crippen LogP) is 3.42. The molecular weight excluding hydrogens is 391 g/mol. The maximum atomic E-state index is 5.64. The number of hydrogen-bond donors (Lipinski definition) is 3. The van der Waals surface area contributed by atoms with Crippen molar-refractivity contribution in [1.29, 1.82) is 0 Å². The second-order valence-electron chi connectivity index (χ2n) is 3.33. The number of hydrogen-bond acceptors (Lipinski definition) is 6. The molecule has 0 amide bonds. The van der Waals surface area contributed by atoms with Gasteiger partial charge in [-0.15, -0.1) is 17.5 Å². The topological polar surface area (TPSA) is 116 Å². The van der Waals surface area contributed by atoms with Crippen LogP contribution in [0.4, 0.5) is 23.0 Å². The molecule has 0 aliphatic carbocycles. The summed E-state index contributed by atoms with van der Waals surface area (Å²) in [5.74, 6) is 0.649. The summed E-state index contributed by atoms with van der Waals surface area (Å²) in [7, 11) is 0. The van der Waals surface area contributed by atoms with Crippen LogP contribution in [-0.2, 0) is 0 Å². The minimum Gasteiger partial charge on any atom is -0.384 e. The van der Waals surface area contributed by atoms with Gasteiger partial charge in [0, 0.05) is 4.55 Å². The van der Waals surface area contributed by atoms with Crippen LogP contribution in [0.5, 0.6) is 0 Å². The van der Waals surface area contributed by atoms with E-state index in [-0.39, 0.29) is 18.2 Å². The number of nitrogens with zero attached hydrogens (tertiary/aromatic N) is 3. The number of nitrogens with two attached hydrogens (primary N) is 3. The Morgan fingerprint density at radius 1 is 1.00 bits per heavy atom. The highest BCUT2D eigenvalue weighted by Crippen LogP contribution is 2.23. The SMILES string of the molecule is Cl.NCI.Nc1ccc(N=Nc2ccccc2)c(N)n1. The van der Waals surface area contributed by atoms with Gasteiger partial charge >= 0.3 is 0 Å². The molecule has 0 atom stereocenters. The summed E-state index contributed by atoms with van der Waals surface area (Å²) >= 11 is 2.07. The van der Waals surface area contributed by atoms with Gasteiger partial charge in [-0.2, -0.15) is 5.11 Å². The number of azo groups is 1. The summed E-state index contributed by atoms with van der Waals surface area (Å²) < 4.78 is 0.720. The molecule has 6 N–H and O–H groups in total. The average Bonchev–Trinajstić information content (AvgIpc) is 2.40. The van der Waals surface area contributed by atoms with E-state index in [0.29, 0.717) is 11.5 Å². The fourth-order valence-electron chi connectivity index (χ4n) is 1.17. The van der Waals surface area contributed by atoms with E-state index in [1.165, 1.54) is 0 Å². The highest BCUT2D eigenvalue weighted by Gasteiger charge is 1.98. The summed E-state index contributed by atoms with van der Waals surface area (Å²) in [6, 6.07) is 12.7. The van der Waals surface area contributed by atoms with Crippen molar-refractivity contribution in [2.24, 2.45) is 16.0 Å². The molecule has 0 spiro atoms. The Bertz CT molecular complexity index is 535. The number of rotatable bonds is 2. The quantitative estimate of drug-likeness (QED) is 0.307. The van der Waals surface area contributed by atoms with Gasteiger partial charge in [0.05, 0.1) is 5.69 Å². The van der Waals surface area contributed by atoms with Crippen molar-refractivity contribution in [1.82, 2.24) is 4.98 Å². The lowest BCUT2D eigenvalue weighted by molar-refractivity contribution is 1.21.